The topological polar surface area (TPSA) is 46.9 Å². The van der Waals surface area contributed by atoms with Crippen molar-refractivity contribution in [3.8, 4) is 0 Å². The van der Waals surface area contributed by atoms with Gasteiger partial charge in [-0.3, -0.25) is 4.79 Å². The number of aryl methyl sites for hydroxylation is 1. The average Bonchev–Trinajstić information content (AvgIpc) is 2.46. The molecule has 0 aliphatic carbocycles. The molecule has 0 radical (unpaired) electrons. The van der Waals surface area contributed by atoms with E-state index in [9.17, 15) is 4.79 Å². The molecule has 0 unspecified atom stereocenters. The second-order valence-corrected chi connectivity index (χ2v) is 2.90. The fourth-order valence-electron chi connectivity index (χ4n) is 1.47. The van der Waals surface area contributed by atoms with E-state index < -0.39 is 0 Å². The van der Waals surface area contributed by atoms with Crippen LogP contribution in [0.3, 0.4) is 0 Å². The molecule has 4 nitrogen and oxygen atoms in total. The fourth-order valence-corrected chi connectivity index (χ4v) is 1.47. The molecule has 4 heteroatoms. The maximum Gasteiger partial charge on any atom is 0.227 e. The SMILES string of the molecule is CCc1ncn2c1CC(=O)NC2. The summed E-state index contributed by atoms with van der Waals surface area (Å²) in [5.74, 6) is 0.0951. The summed E-state index contributed by atoms with van der Waals surface area (Å²) in [7, 11) is 0. The highest BCUT2D eigenvalue weighted by Gasteiger charge is 2.17. The van der Waals surface area contributed by atoms with E-state index in [-0.39, 0.29) is 5.91 Å². The summed E-state index contributed by atoms with van der Waals surface area (Å²) in [6.07, 6.45) is 3.16. The molecule has 0 atom stereocenters. The number of carbonyl (C=O) groups excluding carboxylic acids is 1. The lowest BCUT2D eigenvalue weighted by Gasteiger charge is -2.15. The average molecular weight is 165 g/mol. The molecule has 2 rings (SSSR count). The number of imidazole rings is 1. The molecule has 0 fully saturated rings. The van der Waals surface area contributed by atoms with Crippen molar-refractivity contribution in [2.75, 3.05) is 0 Å². The second-order valence-electron chi connectivity index (χ2n) is 2.90. The van der Waals surface area contributed by atoms with E-state index in [1.165, 1.54) is 0 Å². The van der Waals surface area contributed by atoms with Crippen molar-refractivity contribution in [3.63, 3.8) is 0 Å². The highest BCUT2D eigenvalue weighted by molar-refractivity contribution is 5.79. The van der Waals surface area contributed by atoms with Crippen LogP contribution in [-0.2, 0) is 24.3 Å². The minimum Gasteiger partial charge on any atom is -0.338 e. The molecule has 0 aromatic carbocycles. The fraction of sp³-hybridized carbons (Fsp3) is 0.500. The van der Waals surface area contributed by atoms with Crippen LogP contribution in [0, 0.1) is 0 Å². The van der Waals surface area contributed by atoms with Crippen LogP contribution in [0.5, 0.6) is 0 Å². The predicted molar refractivity (Wildman–Crippen MR) is 43.5 cm³/mol. The summed E-state index contributed by atoms with van der Waals surface area (Å²) in [4.78, 5) is 15.3. The van der Waals surface area contributed by atoms with Gasteiger partial charge in [-0.1, -0.05) is 6.92 Å². The number of nitrogens with zero attached hydrogens (tertiary/aromatic N) is 2. The molecule has 1 aliphatic heterocycles. The molecule has 0 saturated heterocycles. The normalized spacial score (nSPS) is 15.6. The van der Waals surface area contributed by atoms with Gasteiger partial charge in [-0.05, 0) is 6.42 Å². The molecule has 1 aromatic heterocycles. The molecule has 1 N–H and O–H groups in total. The number of hydrogen-bond acceptors (Lipinski definition) is 2. The quantitative estimate of drug-likeness (QED) is 0.640. The van der Waals surface area contributed by atoms with Crippen molar-refractivity contribution < 1.29 is 4.79 Å². The van der Waals surface area contributed by atoms with Gasteiger partial charge in [0.05, 0.1) is 30.8 Å². The van der Waals surface area contributed by atoms with E-state index in [1.807, 2.05) is 4.57 Å². The van der Waals surface area contributed by atoms with Gasteiger partial charge in [0.15, 0.2) is 0 Å². The smallest absolute Gasteiger partial charge is 0.227 e. The minimum absolute atomic E-state index is 0.0951. The van der Waals surface area contributed by atoms with Crippen LogP contribution >= 0.6 is 0 Å². The molecule has 1 aromatic rings. The van der Waals surface area contributed by atoms with E-state index in [0.717, 1.165) is 17.8 Å². The maximum absolute atomic E-state index is 11.0. The highest BCUT2D eigenvalue weighted by atomic mass is 16.1. The summed E-state index contributed by atoms with van der Waals surface area (Å²) >= 11 is 0. The summed E-state index contributed by atoms with van der Waals surface area (Å²) in [6, 6.07) is 0. The number of nitrogens with one attached hydrogen (secondary N) is 1. The van der Waals surface area contributed by atoms with Crippen molar-refractivity contribution >= 4 is 5.91 Å². The van der Waals surface area contributed by atoms with Crippen molar-refractivity contribution in [1.29, 1.82) is 0 Å². The van der Waals surface area contributed by atoms with Gasteiger partial charge >= 0.3 is 0 Å². The summed E-state index contributed by atoms with van der Waals surface area (Å²) in [5.41, 5.74) is 2.12. The zero-order valence-corrected chi connectivity index (χ0v) is 7.00. The number of carbonyl (C=O) groups is 1. The monoisotopic (exact) mass is 165 g/mol. The van der Waals surface area contributed by atoms with E-state index in [2.05, 4.69) is 17.2 Å². The van der Waals surface area contributed by atoms with Crippen LogP contribution in [0.25, 0.3) is 0 Å². The Morgan fingerprint density at radius 2 is 2.58 bits per heavy atom. The number of aromatic nitrogens is 2. The molecule has 1 aliphatic rings. The Balaban J connectivity index is 2.40. The van der Waals surface area contributed by atoms with Gasteiger partial charge in [0, 0.05) is 0 Å². The zero-order chi connectivity index (χ0) is 8.55. The first-order valence-electron chi connectivity index (χ1n) is 4.11. The molecule has 12 heavy (non-hydrogen) atoms. The van der Waals surface area contributed by atoms with Gasteiger partial charge < -0.3 is 9.88 Å². The predicted octanol–water partition coefficient (Wildman–Crippen LogP) is 0.0753. The largest absolute Gasteiger partial charge is 0.338 e. The van der Waals surface area contributed by atoms with Gasteiger partial charge in [0.25, 0.3) is 0 Å². The number of rotatable bonds is 1. The second kappa shape index (κ2) is 2.62. The highest BCUT2D eigenvalue weighted by Crippen LogP contribution is 2.11. The molecule has 1 amide bonds. The first kappa shape index (κ1) is 7.34. The van der Waals surface area contributed by atoms with E-state index in [0.29, 0.717) is 13.1 Å². The Hall–Kier alpha value is -1.32. The Morgan fingerprint density at radius 3 is 3.33 bits per heavy atom. The van der Waals surface area contributed by atoms with Crippen molar-refractivity contribution in [2.45, 2.75) is 26.4 Å². The standard InChI is InChI=1S/C8H11N3O/c1-2-6-7-3-8(12)10-5-11(7)4-9-6/h4H,2-3,5H2,1H3,(H,10,12). The Morgan fingerprint density at radius 1 is 1.75 bits per heavy atom. The van der Waals surface area contributed by atoms with Crippen molar-refractivity contribution in [2.24, 2.45) is 0 Å². The molecule has 0 saturated carbocycles. The lowest BCUT2D eigenvalue weighted by Crippen LogP contribution is -2.34. The molecule has 0 bridgehead atoms. The third-order valence-corrected chi connectivity index (χ3v) is 2.14. The van der Waals surface area contributed by atoms with Crippen LogP contribution in [0.15, 0.2) is 6.33 Å². The van der Waals surface area contributed by atoms with Crippen LogP contribution in [-0.4, -0.2) is 15.5 Å². The van der Waals surface area contributed by atoms with Crippen LogP contribution in [0.1, 0.15) is 18.3 Å². The van der Waals surface area contributed by atoms with Gasteiger partial charge in [-0.2, -0.15) is 0 Å². The minimum atomic E-state index is 0.0951. The third-order valence-electron chi connectivity index (χ3n) is 2.14. The zero-order valence-electron chi connectivity index (χ0n) is 7.00. The molecule has 0 spiro atoms. The first-order chi connectivity index (χ1) is 5.81. The van der Waals surface area contributed by atoms with Crippen LogP contribution < -0.4 is 5.32 Å². The van der Waals surface area contributed by atoms with Crippen LogP contribution in [0.4, 0.5) is 0 Å². The van der Waals surface area contributed by atoms with Crippen molar-refractivity contribution in [1.82, 2.24) is 14.9 Å². The molecular formula is C8H11N3O. The van der Waals surface area contributed by atoms with Crippen molar-refractivity contribution in [3.05, 3.63) is 17.7 Å². The Kier molecular flexibility index (Phi) is 1.60. The van der Waals surface area contributed by atoms with Gasteiger partial charge in [-0.15, -0.1) is 0 Å². The van der Waals surface area contributed by atoms with Crippen LogP contribution in [0.2, 0.25) is 0 Å². The van der Waals surface area contributed by atoms with Gasteiger partial charge in [-0.25, -0.2) is 4.98 Å². The first-order valence-corrected chi connectivity index (χ1v) is 4.11. The van der Waals surface area contributed by atoms with E-state index >= 15 is 0 Å². The molecule has 64 valence electrons. The molecular weight excluding hydrogens is 154 g/mol. The lowest BCUT2D eigenvalue weighted by atomic mass is 10.2. The lowest BCUT2D eigenvalue weighted by molar-refractivity contribution is -0.121. The van der Waals surface area contributed by atoms with Gasteiger partial charge in [0.2, 0.25) is 5.91 Å². The maximum atomic E-state index is 11.0. The number of fused-ring (bicyclic) bond motifs is 1. The number of amides is 1. The van der Waals surface area contributed by atoms with E-state index in [4.69, 9.17) is 0 Å². The van der Waals surface area contributed by atoms with E-state index in [1.54, 1.807) is 6.33 Å². The number of hydrogen-bond donors (Lipinski definition) is 1. The Bertz CT molecular complexity index is 303. The Labute approximate surface area is 70.6 Å². The molecule has 2 heterocycles. The summed E-state index contributed by atoms with van der Waals surface area (Å²) in [5, 5.41) is 2.76. The summed E-state index contributed by atoms with van der Waals surface area (Å²) < 4.78 is 1.99. The van der Waals surface area contributed by atoms with Gasteiger partial charge in [0.1, 0.15) is 0 Å². The third kappa shape index (κ3) is 0.995. The summed E-state index contributed by atoms with van der Waals surface area (Å²) in [6.45, 7) is 2.62.